The second-order valence-corrected chi connectivity index (χ2v) is 16.5. The van der Waals surface area contributed by atoms with Crippen LogP contribution in [0, 0.1) is 0 Å². The van der Waals surface area contributed by atoms with Crippen LogP contribution in [0.4, 0.5) is 0 Å². The summed E-state index contributed by atoms with van der Waals surface area (Å²) in [4.78, 5) is 0. The molecule has 4 rings (SSSR count). The molecule has 4 aromatic rings. The standard InChI is InChI=1S/C18H13BO3.C15H35P/c20-19(21)22-17-7-3-6-12-8-9-15-10-13-4-1-2-5-14(13)11-16(15)18(12)17;1-6-9-12-16(15(4)5,13-10-7-2)14-11-8-3/h1-11,20-21H;15-16H,6-14H2,1-5H3. The maximum absolute atomic E-state index is 9.14. The summed E-state index contributed by atoms with van der Waals surface area (Å²) < 4.78 is 5.16. The van der Waals surface area contributed by atoms with Gasteiger partial charge in [0.25, 0.3) is 0 Å². The summed E-state index contributed by atoms with van der Waals surface area (Å²) in [5.74, 6) is 0.466. The summed E-state index contributed by atoms with van der Waals surface area (Å²) in [6.45, 7) is 12.1. The van der Waals surface area contributed by atoms with Gasteiger partial charge >= 0.3 is 112 Å². The molecule has 0 spiro atoms. The SMILES string of the molecule is CCCC[PH](CCCC)(CCCC)C(C)C.OB(O)Oc1cccc2ccc3cc4ccccc4cc3c12. The molecule has 0 fully saturated rings. The first kappa shape index (κ1) is 30.4. The Balaban J connectivity index is 0.000000224. The zero-order valence-corrected chi connectivity index (χ0v) is 25.2. The van der Waals surface area contributed by atoms with E-state index in [1.165, 1.54) is 43.9 Å². The molecule has 0 amide bonds. The first-order valence-electron chi connectivity index (χ1n) is 14.7. The fourth-order valence-electron chi connectivity index (χ4n) is 5.81. The fraction of sp³-hybridized carbons (Fsp3) is 0.455. The second-order valence-electron chi connectivity index (χ2n) is 11.1. The van der Waals surface area contributed by atoms with E-state index >= 15 is 0 Å². The zero-order chi connectivity index (χ0) is 27.5. The summed E-state index contributed by atoms with van der Waals surface area (Å²) in [7, 11) is -2.77. The number of rotatable bonds is 12. The van der Waals surface area contributed by atoms with Crippen LogP contribution in [-0.2, 0) is 0 Å². The van der Waals surface area contributed by atoms with Gasteiger partial charge in [-0.15, -0.1) is 0 Å². The molecule has 0 atom stereocenters. The molecule has 0 aliphatic carbocycles. The van der Waals surface area contributed by atoms with Gasteiger partial charge in [0.05, 0.1) is 0 Å². The van der Waals surface area contributed by atoms with Crippen molar-refractivity contribution in [1.29, 1.82) is 0 Å². The van der Waals surface area contributed by atoms with E-state index in [2.05, 4.69) is 65.0 Å². The zero-order valence-electron chi connectivity index (χ0n) is 24.2. The monoisotopic (exact) mass is 534 g/mol. The smallest absolute Gasteiger partial charge is 0.511 e. The second kappa shape index (κ2) is 14.9. The van der Waals surface area contributed by atoms with E-state index in [0.29, 0.717) is 5.75 Å². The van der Waals surface area contributed by atoms with E-state index in [9.17, 15) is 0 Å². The Hall–Kier alpha value is -2.13. The van der Waals surface area contributed by atoms with Gasteiger partial charge in [0.2, 0.25) is 0 Å². The van der Waals surface area contributed by atoms with Gasteiger partial charge in [0.1, 0.15) is 5.75 Å². The van der Waals surface area contributed by atoms with Crippen LogP contribution >= 0.6 is 7.26 Å². The molecular weight excluding hydrogens is 486 g/mol. The van der Waals surface area contributed by atoms with Gasteiger partial charge in [-0.1, -0.05) is 48.5 Å². The van der Waals surface area contributed by atoms with Gasteiger partial charge < -0.3 is 14.7 Å². The van der Waals surface area contributed by atoms with Crippen molar-refractivity contribution in [3.05, 3.63) is 66.7 Å². The quantitative estimate of drug-likeness (QED) is 0.0825. The first-order valence-corrected chi connectivity index (χ1v) is 17.4. The molecule has 0 bridgehead atoms. The van der Waals surface area contributed by atoms with Crippen LogP contribution in [0.2, 0.25) is 0 Å². The van der Waals surface area contributed by atoms with Crippen molar-refractivity contribution in [3.63, 3.8) is 0 Å². The number of hydrogen-bond acceptors (Lipinski definition) is 3. The Morgan fingerprint density at radius 2 is 1.21 bits per heavy atom. The molecule has 0 aliphatic heterocycles. The van der Waals surface area contributed by atoms with E-state index in [4.69, 9.17) is 14.7 Å². The topological polar surface area (TPSA) is 49.7 Å². The summed E-state index contributed by atoms with van der Waals surface area (Å²) in [6.07, 6.45) is 13.4. The molecule has 3 nitrogen and oxygen atoms in total. The third kappa shape index (κ3) is 7.72. The molecule has 38 heavy (non-hydrogen) atoms. The maximum Gasteiger partial charge on any atom is 0.707 e. The average molecular weight is 535 g/mol. The van der Waals surface area contributed by atoms with E-state index in [1.807, 2.05) is 30.3 Å². The predicted octanol–water partition coefficient (Wildman–Crippen LogP) is 9.04. The van der Waals surface area contributed by atoms with Gasteiger partial charge in [-0.25, -0.2) is 0 Å². The summed E-state index contributed by atoms with van der Waals surface area (Å²) in [5.41, 5.74) is 0.997. The molecule has 5 heteroatoms. The summed E-state index contributed by atoms with van der Waals surface area (Å²) >= 11 is 0. The number of benzene rings is 4. The number of hydrogen-bond donors (Lipinski definition) is 2. The molecule has 0 saturated heterocycles. The van der Waals surface area contributed by atoms with Crippen LogP contribution in [0.5, 0.6) is 5.75 Å². The van der Waals surface area contributed by atoms with Crippen LogP contribution < -0.4 is 4.65 Å². The maximum atomic E-state index is 9.14. The number of fused-ring (bicyclic) bond motifs is 4. The molecular formula is C33H48BO3P. The van der Waals surface area contributed by atoms with Gasteiger partial charge in [-0.05, 0) is 45.1 Å². The minimum Gasteiger partial charge on any atom is -0.511 e. The van der Waals surface area contributed by atoms with Crippen LogP contribution in [0.15, 0.2) is 66.7 Å². The van der Waals surface area contributed by atoms with Gasteiger partial charge in [-0.2, -0.15) is 0 Å². The molecule has 0 unspecified atom stereocenters. The van der Waals surface area contributed by atoms with Crippen molar-refractivity contribution in [2.75, 3.05) is 18.5 Å². The molecule has 4 aromatic carbocycles. The molecule has 0 heterocycles. The van der Waals surface area contributed by atoms with Crippen molar-refractivity contribution in [1.82, 2.24) is 0 Å². The van der Waals surface area contributed by atoms with Crippen molar-refractivity contribution < 1.29 is 14.7 Å². The first-order chi connectivity index (χ1) is 18.3. The normalized spacial score (nSPS) is 12.1. The van der Waals surface area contributed by atoms with Gasteiger partial charge in [-0.3, -0.25) is 0 Å². The largest absolute Gasteiger partial charge is 0.707 e. The minimum absolute atomic E-state index is 0.466. The summed E-state index contributed by atoms with van der Waals surface area (Å²) in [5, 5.41) is 24.6. The third-order valence-electron chi connectivity index (χ3n) is 8.23. The fourth-order valence-corrected chi connectivity index (χ4v) is 11.5. The average Bonchev–Trinajstić information content (AvgIpc) is 2.91. The molecule has 0 aliphatic rings. The molecule has 0 radical (unpaired) electrons. The Morgan fingerprint density at radius 1 is 0.684 bits per heavy atom. The van der Waals surface area contributed by atoms with Crippen LogP contribution in [0.1, 0.15) is 73.1 Å². The number of unbranched alkanes of at least 4 members (excludes halogenated alkanes) is 3. The van der Waals surface area contributed by atoms with Crippen LogP contribution in [-0.4, -0.2) is 41.5 Å². The van der Waals surface area contributed by atoms with E-state index in [1.54, 1.807) is 24.6 Å². The van der Waals surface area contributed by atoms with Crippen molar-refractivity contribution >= 4 is 46.9 Å². The van der Waals surface area contributed by atoms with Crippen molar-refractivity contribution in [3.8, 4) is 5.75 Å². The van der Waals surface area contributed by atoms with Crippen molar-refractivity contribution in [2.45, 2.75) is 78.8 Å². The third-order valence-corrected chi connectivity index (χ3v) is 14.7. The van der Waals surface area contributed by atoms with E-state index in [0.717, 1.165) is 32.6 Å². The molecule has 206 valence electrons. The van der Waals surface area contributed by atoms with Crippen LogP contribution in [0.25, 0.3) is 32.3 Å². The van der Waals surface area contributed by atoms with Crippen molar-refractivity contribution in [2.24, 2.45) is 0 Å². The Bertz CT molecular complexity index is 1270. The van der Waals surface area contributed by atoms with E-state index < -0.39 is 14.6 Å². The predicted molar refractivity (Wildman–Crippen MR) is 173 cm³/mol. The summed E-state index contributed by atoms with van der Waals surface area (Å²) in [6, 6.07) is 22.1. The minimum atomic E-state index is -1.83. The Kier molecular flexibility index (Phi) is 11.9. The Labute approximate surface area is 231 Å². The van der Waals surface area contributed by atoms with Gasteiger partial charge in [0.15, 0.2) is 0 Å². The van der Waals surface area contributed by atoms with E-state index in [-0.39, 0.29) is 0 Å². The van der Waals surface area contributed by atoms with Crippen LogP contribution in [0.3, 0.4) is 0 Å². The molecule has 0 saturated carbocycles. The molecule has 2 N–H and O–H groups in total. The molecule has 0 aromatic heterocycles. The Morgan fingerprint density at radius 3 is 1.74 bits per heavy atom. The van der Waals surface area contributed by atoms with Gasteiger partial charge in [0, 0.05) is 5.39 Å².